The summed E-state index contributed by atoms with van der Waals surface area (Å²) in [6.45, 7) is 7.23. The fraction of sp³-hybridized carbons (Fsp3) is 0.567. The van der Waals surface area contributed by atoms with Gasteiger partial charge in [0.05, 0.1) is 6.61 Å². The fourth-order valence-corrected chi connectivity index (χ4v) is 4.51. The van der Waals surface area contributed by atoms with Gasteiger partial charge in [0.2, 0.25) is 0 Å². The fourth-order valence-electron chi connectivity index (χ4n) is 4.08. The molecule has 0 aliphatic heterocycles. The first kappa shape index (κ1) is 34.7. The largest absolute Gasteiger partial charge is 0.524 e. The quantitative estimate of drug-likeness (QED) is 0.0889. The van der Waals surface area contributed by atoms with Gasteiger partial charge < -0.3 is 29.2 Å². The summed E-state index contributed by atoms with van der Waals surface area (Å²) in [5.41, 5.74) is 1.30. The molecule has 11 heteroatoms. The first-order valence-electron chi connectivity index (χ1n) is 14.2. The Labute approximate surface area is 243 Å². The second-order valence-corrected chi connectivity index (χ2v) is 12.0. The average Bonchev–Trinajstić information content (AvgIpc) is 2.89. The first-order valence-corrected chi connectivity index (χ1v) is 15.7. The second kappa shape index (κ2) is 18.2. The maximum absolute atomic E-state index is 12.4. The molecule has 1 atom stereocenters. The molecule has 0 aliphatic rings. The number of phosphoric acid groups is 1. The lowest BCUT2D eigenvalue weighted by atomic mass is 10.0. The number of nitrogens with one attached hydrogen (secondary N) is 1. The van der Waals surface area contributed by atoms with Crippen molar-refractivity contribution in [3.8, 4) is 5.75 Å². The van der Waals surface area contributed by atoms with Crippen LogP contribution in [0.15, 0.2) is 48.5 Å². The topological polar surface area (TPSA) is 144 Å². The standard InChI is InChI=1S/C30H46NO9P/c1-30(2,3)39-29(33)38-28(25-16-17-27(26(21-25)23-32)40-41(34,35)36)22-31-18-10-4-5-11-19-37-20-12-9-15-24-13-7-6-8-14-24/h6-8,13-14,16-17,21,28,31-32H,4-5,9-12,15,18-20,22-23H2,1-3H3,(H2,34,35,36). The summed E-state index contributed by atoms with van der Waals surface area (Å²) in [6.07, 6.45) is 5.71. The number of aryl methyl sites for hydroxylation is 1. The van der Waals surface area contributed by atoms with E-state index in [0.29, 0.717) is 12.1 Å². The van der Waals surface area contributed by atoms with Gasteiger partial charge in [-0.1, -0.05) is 49.2 Å². The van der Waals surface area contributed by atoms with E-state index in [0.717, 1.165) is 58.2 Å². The first-order chi connectivity index (χ1) is 19.5. The number of hydrogen-bond donors (Lipinski definition) is 4. The van der Waals surface area contributed by atoms with Crippen LogP contribution in [0, 0.1) is 0 Å². The minimum Gasteiger partial charge on any atom is -0.429 e. The summed E-state index contributed by atoms with van der Waals surface area (Å²) >= 11 is 0. The van der Waals surface area contributed by atoms with Gasteiger partial charge in [0.15, 0.2) is 0 Å². The van der Waals surface area contributed by atoms with Crippen LogP contribution < -0.4 is 9.84 Å². The van der Waals surface area contributed by atoms with Crippen molar-refractivity contribution < 1.29 is 43.0 Å². The lowest BCUT2D eigenvalue weighted by molar-refractivity contribution is -0.0272. The molecule has 0 aromatic heterocycles. The molecule has 0 amide bonds. The number of aliphatic hydroxyl groups is 1. The van der Waals surface area contributed by atoms with Crippen molar-refractivity contribution in [3.63, 3.8) is 0 Å². The van der Waals surface area contributed by atoms with E-state index in [1.807, 2.05) is 6.07 Å². The highest BCUT2D eigenvalue weighted by Crippen LogP contribution is 2.40. The summed E-state index contributed by atoms with van der Waals surface area (Å²) in [6, 6.07) is 14.8. The van der Waals surface area contributed by atoms with E-state index in [1.165, 1.54) is 23.8 Å². The smallest absolute Gasteiger partial charge is 0.429 e. The van der Waals surface area contributed by atoms with Crippen LogP contribution in [0.4, 0.5) is 4.79 Å². The third-order valence-electron chi connectivity index (χ3n) is 6.04. The van der Waals surface area contributed by atoms with Crippen LogP contribution in [-0.2, 0) is 31.8 Å². The van der Waals surface area contributed by atoms with Crippen molar-refractivity contribution in [1.82, 2.24) is 5.32 Å². The molecule has 230 valence electrons. The predicted molar refractivity (Wildman–Crippen MR) is 157 cm³/mol. The Morgan fingerprint density at radius 1 is 0.951 bits per heavy atom. The third-order valence-corrected chi connectivity index (χ3v) is 6.48. The van der Waals surface area contributed by atoms with Gasteiger partial charge >= 0.3 is 14.0 Å². The zero-order valence-corrected chi connectivity index (χ0v) is 25.3. The molecule has 2 aromatic rings. The summed E-state index contributed by atoms with van der Waals surface area (Å²) in [7, 11) is -4.80. The molecule has 4 N–H and O–H groups in total. The molecule has 0 radical (unpaired) electrons. The minimum absolute atomic E-state index is 0.148. The number of unbranched alkanes of at least 4 members (excludes halogenated alkanes) is 4. The Kier molecular flexibility index (Phi) is 15.4. The van der Waals surface area contributed by atoms with Crippen LogP contribution in [0.1, 0.15) is 82.1 Å². The van der Waals surface area contributed by atoms with Gasteiger partial charge in [-0.3, -0.25) is 9.79 Å². The SMILES string of the molecule is CC(C)(C)OC(=O)OC(CNCCCCCCOCCCCc1ccccc1)c1ccc(OP(=O)(O)O)c(CO)c1. The summed E-state index contributed by atoms with van der Waals surface area (Å²) < 4.78 is 32.5. The highest BCUT2D eigenvalue weighted by Gasteiger charge is 2.24. The van der Waals surface area contributed by atoms with Gasteiger partial charge in [-0.05, 0) is 82.7 Å². The molecule has 41 heavy (non-hydrogen) atoms. The minimum atomic E-state index is -4.80. The molecule has 1 unspecified atom stereocenters. The van der Waals surface area contributed by atoms with E-state index < -0.39 is 32.3 Å². The molecule has 2 rings (SSSR count). The predicted octanol–water partition coefficient (Wildman–Crippen LogP) is 5.83. The molecule has 0 heterocycles. The lowest BCUT2D eigenvalue weighted by Crippen LogP contribution is -2.30. The Hall–Kier alpha value is -2.46. The Bertz CT molecular complexity index is 1070. The van der Waals surface area contributed by atoms with Crippen molar-refractivity contribution in [2.45, 2.75) is 84.0 Å². The molecule has 0 aliphatic carbocycles. The average molecular weight is 596 g/mol. The number of benzene rings is 2. The number of carbonyl (C=O) groups excluding carboxylic acids is 1. The van der Waals surface area contributed by atoms with Crippen LogP contribution in [-0.4, -0.2) is 53.0 Å². The summed E-state index contributed by atoms with van der Waals surface area (Å²) in [5.74, 6) is -0.148. The number of ether oxygens (including phenoxy) is 3. The Balaban J connectivity index is 1.72. The number of rotatable bonds is 19. The normalized spacial score (nSPS) is 12.6. The van der Waals surface area contributed by atoms with Crippen molar-refractivity contribution in [2.24, 2.45) is 0 Å². The molecular formula is C30H46NO9P. The highest BCUT2D eigenvalue weighted by molar-refractivity contribution is 7.46. The van der Waals surface area contributed by atoms with Crippen LogP contribution in [0.3, 0.4) is 0 Å². The molecule has 0 bridgehead atoms. The van der Waals surface area contributed by atoms with E-state index in [2.05, 4.69) is 34.1 Å². The third kappa shape index (κ3) is 15.9. The molecule has 2 aromatic carbocycles. The van der Waals surface area contributed by atoms with Gasteiger partial charge in [-0.2, -0.15) is 0 Å². The Morgan fingerprint density at radius 2 is 1.63 bits per heavy atom. The van der Waals surface area contributed by atoms with Crippen LogP contribution in [0.25, 0.3) is 0 Å². The molecule has 0 fully saturated rings. The van der Waals surface area contributed by atoms with Crippen LogP contribution in [0.5, 0.6) is 5.75 Å². The van der Waals surface area contributed by atoms with E-state index in [4.69, 9.17) is 24.0 Å². The summed E-state index contributed by atoms with van der Waals surface area (Å²) in [5, 5.41) is 13.0. The molecule has 0 spiro atoms. The number of hydrogen-bond acceptors (Lipinski definition) is 8. The zero-order valence-electron chi connectivity index (χ0n) is 24.4. The second-order valence-electron chi connectivity index (χ2n) is 10.9. The van der Waals surface area contributed by atoms with E-state index in [9.17, 15) is 14.5 Å². The van der Waals surface area contributed by atoms with Gasteiger partial charge in [-0.25, -0.2) is 9.36 Å². The van der Waals surface area contributed by atoms with E-state index in [1.54, 1.807) is 20.8 Å². The zero-order chi connectivity index (χ0) is 30.1. The molecular weight excluding hydrogens is 549 g/mol. The number of aliphatic hydroxyl groups excluding tert-OH is 1. The van der Waals surface area contributed by atoms with Crippen molar-refractivity contribution in [3.05, 3.63) is 65.2 Å². The van der Waals surface area contributed by atoms with Gasteiger partial charge in [-0.15, -0.1) is 0 Å². The Morgan fingerprint density at radius 3 is 2.29 bits per heavy atom. The van der Waals surface area contributed by atoms with Crippen molar-refractivity contribution >= 4 is 14.0 Å². The molecule has 0 saturated heterocycles. The van der Waals surface area contributed by atoms with Gasteiger partial charge in [0.1, 0.15) is 17.5 Å². The van der Waals surface area contributed by atoms with E-state index >= 15 is 0 Å². The lowest BCUT2D eigenvalue weighted by Gasteiger charge is -2.24. The monoisotopic (exact) mass is 595 g/mol. The van der Waals surface area contributed by atoms with Crippen molar-refractivity contribution in [1.29, 1.82) is 0 Å². The maximum atomic E-state index is 12.4. The number of phosphoric ester groups is 1. The maximum Gasteiger partial charge on any atom is 0.524 e. The van der Waals surface area contributed by atoms with E-state index in [-0.39, 0.29) is 17.9 Å². The van der Waals surface area contributed by atoms with Crippen molar-refractivity contribution in [2.75, 3.05) is 26.3 Å². The molecule has 10 nitrogen and oxygen atoms in total. The summed E-state index contributed by atoms with van der Waals surface area (Å²) in [4.78, 5) is 30.6. The van der Waals surface area contributed by atoms with Gasteiger partial charge in [0, 0.05) is 25.3 Å². The van der Waals surface area contributed by atoms with Crippen LogP contribution in [0.2, 0.25) is 0 Å². The van der Waals surface area contributed by atoms with Gasteiger partial charge in [0.25, 0.3) is 0 Å². The van der Waals surface area contributed by atoms with Crippen LogP contribution >= 0.6 is 7.82 Å². The number of carbonyl (C=O) groups is 1. The molecule has 0 saturated carbocycles. The highest BCUT2D eigenvalue weighted by atomic mass is 31.2.